The van der Waals surface area contributed by atoms with Gasteiger partial charge >= 0.3 is 6.18 Å². The van der Waals surface area contributed by atoms with Crippen molar-refractivity contribution in [3.8, 4) is 17.3 Å². The maximum absolute atomic E-state index is 12.0. The van der Waals surface area contributed by atoms with Crippen molar-refractivity contribution in [2.24, 2.45) is 0 Å². The summed E-state index contributed by atoms with van der Waals surface area (Å²) < 4.78 is 40.5. The van der Waals surface area contributed by atoms with Crippen LogP contribution in [0.5, 0.6) is 5.75 Å². The lowest BCUT2D eigenvalue weighted by atomic mass is 10.2. The number of aromatic nitrogens is 4. The number of nitrogens with zero attached hydrogens (tertiary/aromatic N) is 4. The molecule has 0 aliphatic heterocycles. The second kappa shape index (κ2) is 5.81. The molecular weight excluding hydrogens is 289 g/mol. The lowest BCUT2D eigenvalue weighted by Gasteiger charge is -2.08. The van der Waals surface area contributed by atoms with Gasteiger partial charge in [-0.2, -0.15) is 13.2 Å². The van der Waals surface area contributed by atoms with Crippen LogP contribution in [0.15, 0.2) is 24.8 Å². The van der Waals surface area contributed by atoms with Crippen molar-refractivity contribution in [1.29, 1.82) is 0 Å². The van der Waals surface area contributed by atoms with E-state index in [0.29, 0.717) is 0 Å². The lowest BCUT2D eigenvalue weighted by Crippen LogP contribution is -2.19. The first-order valence-corrected chi connectivity index (χ1v) is 5.71. The Morgan fingerprint density at radius 1 is 1.14 bits per heavy atom. The summed E-state index contributed by atoms with van der Waals surface area (Å²) in [4.78, 5) is 26.9. The van der Waals surface area contributed by atoms with E-state index in [1.165, 1.54) is 19.3 Å². The molecule has 0 aliphatic carbocycles. The molecule has 0 saturated carbocycles. The largest absolute Gasteiger partial charge is 0.481 e. The maximum atomic E-state index is 12.0. The normalized spacial score (nSPS) is 11.2. The summed E-state index contributed by atoms with van der Waals surface area (Å²) in [6.07, 6.45) is 0.422. The van der Waals surface area contributed by atoms with Crippen molar-refractivity contribution in [2.75, 3.05) is 6.61 Å². The minimum atomic E-state index is -4.44. The highest BCUT2D eigenvalue weighted by Gasteiger charge is 2.28. The van der Waals surface area contributed by atoms with E-state index in [1.807, 2.05) is 0 Å². The number of rotatable bonds is 4. The Balaban J connectivity index is 2.22. The van der Waals surface area contributed by atoms with Crippen molar-refractivity contribution >= 4 is 5.78 Å². The van der Waals surface area contributed by atoms with Crippen LogP contribution in [-0.4, -0.2) is 38.5 Å². The Hall–Kier alpha value is -2.58. The van der Waals surface area contributed by atoms with Crippen molar-refractivity contribution in [3.05, 3.63) is 30.5 Å². The molecule has 0 bridgehead atoms. The molecule has 0 aromatic carbocycles. The summed E-state index contributed by atoms with van der Waals surface area (Å²) >= 11 is 0. The van der Waals surface area contributed by atoms with Crippen LogP contribution in [0.3, 0.4) is 0 Å². The van der Waals surface area contributed by atoms with Gasteiger partial charge in [0, 0.05) is 19.3 Å². The van der Waals surface area contributed by atoms with Gasteiger partial charge in [0.15, 0.2) is 24.0 Å². The fraction of sp³-hybridized carbons (Fsp3) is 0.250. The number of ketones is 1. The maximum Gasteiger partial charge on any atom is 0.422 e. The first-order valence-electron chi connectivity index (χ1n) is 5.71. The molecule has 0 N–H and O–H groups in total. The highest BCUT2D eigenvalue weighted by molar-refractivity contribution is 5.96. The fourth-order valence-electron chi connectivity index (χ4n) is 1.44. The van der Waals surface area contributed by atoms with Gasteiger partial charge in [0.1, 0.15) is 11.4 Å². The SMILES string of the molecule is CC(=O)c1nccnc1-c1ncc(OCC(F)(F)F)cn1. The molecule has 9 heteroatoms. The predicted molar refractivity (Wildman–Crippen MR) is 64.6 cm³/mol. The van der Waals surface area contributed by atoms with Gasteiger partial charge in [-0.05, 0) is 0 Å². The van der Waals surface area contributed by atoms with Crippen molar-refractivity contribution in [3.63, 3.8) is 0 Å². The van der Waals surface area contributed by atoms with Crippen LogP contribution in [0.25, 0.3) is 11.5 Å². The molecule has 21 heavy (non-hydrogen) atoms. The summed E-state index contributed by atoms with van der Waals surface area (Å²) in [7, 11) is 0. The number of carbonyl (C=O) groups excluding carboxylic acids is 1. The molecule has 2 rings (SSSR count). The second-order valence-electron chi connectivity index (χ2n) is 3.96. The smallest absolute Gasteiger partial charge is 0.422 e. The molecule has 2 aromatic heterocycles. The molecule has 0 radical (unpaired) electrons. The number of hydrogen-bond donors (Lipinski definition) is 0. The average molecular weight is 298 g/mol. The summed E-state index contributed by atoms with van der Waals surface area (Å²) in [5.41, 5.74) is 0.244. The second-order valence-corrected chi connectivity index (χ2v) is 3.96. The minimum Gasteiger partial charge on any atom is -0.481 e. The number of ether oxygens (including phenoxy) is 1. The zero-order valence-electron chi connectivity index (χ0n) is 10.8. The van der Waals surface area contributed by atoms with E-state index >= 15 is 0 Å². The van der Waals surface area contributed by atoms with E-state index in [2.05, 4.69) is 24.7 Å². The van der Waals surface area contributed by atoms with E-state index in [-0.39, 0.29) is 28.7 Å². The van der Waals surface area contributed by atoms with Gasteiger partial charge in [-0.15, -0.1) is 0 Å². The Morgan fingerprint density at radius 2 is 1.76 bits per heavy atom. The predicted octanol–water partition coefficient (Wildman–Crippen LogP) is 2.08. The first kappa shape index (κ1) is 14.8. The highest BCUT2D eigenvalue weighted by Crippen LogP contribution is 2.20. The molecule has 0 spiro atoms. The number of Topliss-reactive ketones (excluding diaryl/α,β-unsaturated/α-hetero) is 1. The monoisotopic (exact) mass is 298 g/mol. The third kappa shape index (κ3) is 3.94. The van der Waals surface area contributed by atoms with Gasteiger partial charge < -0.3 is 4.74 Å². The van der Waals surface area contributed by atoms with Crippen LogP contribution in [0.4, 0.5) is 13.2 Å². The van der Waals surface area contributed by atoms with Crippen LogP contribution in [0, 0.1) is 0 Å². The van der Waals surface area contributed by atoms with Crippen LogP contribution in [-0.2, 0) is 0 Å². The number of halogens is 3. The van der Waals surface area contributed by atoms with Crippen LogP contribution < -0.4 is 4.74 Å². The molecule has 0 fully saturated rings. The number of carbonyl (C=O) groups is 1. The molecule has 6 nitrogen and oxygen atoms in total. The standard InChI is InChI=1S/C12H9F3N4O2/c1-7(20)9-10(17-3-2-16-9)11-18-4-8(5-19-11)21-6-12(13,14)15/h2-5H,6H2,1H3. The molecule has 110 valence electrons. The van der Waals surface area contributed by atoms with Crippen LogP contribution >= 0.6 is 0 Å². The summed E-state index contributed by atoms with van der Waals surface area (Å²) in [5.74, 6) is -0.379. The third-order valence-corrected chi connectivity index (χ3v) is 2.27. The van der Waals surface area contributed by atoms with Gasteiger partial charge in [-0.25, -0.2) is 19.9 Å². The Kier molecular flexibility index (Phi) is 4.10. The van der Waals surface area contributed by atoms with Crippen LogP contribution in [0.1, 0.15) is 17.4 Å². The first-order chi connectivity index (χ1) is 9.87. The van der Waals surface area contributed by atoms with Gasteiger partial charge in [0.2, 0.25) is 0 Å². The van der Waals surface area contributed by atoms with E-state index in [9.17, 15) is 18.0 Å². The van der Waals surface area contributed by atoms with Crippen molar-refractivity contribution < 1.29 is 22.7 Å². The zero-order valence-corrected chi connectivity index (χ0v) is 10.8. The Morgan fingerprint density at radius 3 is 2.33 bits per heavy atom. The van der Waals surface area contributed by atoms with Gasteiger partial charge in [-0.1, -0.05) is 0 Å². The number of alkyl halides is 3. The van der Waals surface area contributed by atoms with Gasteiger partial charge in [0.25, 0.3) is 0 Å². The third-order valence-electron chi connectivity index (χ3n) is 2.27. The average Bonchev–Trinajstić information content (AvgIpc) is 2.45. The molecule has 0 amide bonds. The van der Waals surface area contributed by atoms with E-state index < -0.39 is 12.8 Å². The molecule has 0 aliphatic rings. The van der Waals surface area contributed by atoms with E-state index in [4.69, 9.17) is 0 Å². The summed E-state index contributed by atoms with van der Waals surface area (Å²) in [5, 5.41) is 0. The lowest BCUT2D eigenvalue weighted by molar-refractivity contribution is -0.153. The molecule has 2 aromatic rings. The number of hydrogen-bond acceptors (Lipinski definition) is 6. The summed E-state index contributed by atoms with van der Waals surface area (Å²) in [6.45, 7) is -0.117. The Bertz CT molecular complexity index is 644. The molecule has 0 unspecified atom stereocenters. The quantitative estimate of drug-likeness (QED) is 0.804. The van der Waals surface area contributed by atoms with E-state index in [1.54, 1.807) is 0 Å². The zero-order chi connectivity index (χ0) is 15.5. The van der Waals surface area contributed by atoms with Crippen molar-refractivity contribution in [2.45, 2.75) is 13.1 Å². The molecular formula is C12H9F3N4O2. The van der Waals surface area contributed by atoms with Gasteiger partial charge in [-0.3, -0.25) is 4.79 Å². The van der Waals surface area contributed by atoms with Crippen molar-refractivity contribution in [1.82, 2.24) is 19.9 Å². The Labute approximate surface area is 117 Å². The molecule has 2 heterocycles. The topological polar surface area (TPSA) is 77.9 Å². The summed E-state index contributed by atoms with van der Waals surface area (Å²) in [6, 6.07) is 0. The fourth-order valence-corrected chi connectivity index (χ4v) is 1.44. The minimum absolute atomic E-state index is 0.0765. The van der Waals surface area contributed by atoms with E-state index in [0.717, 1.165) is 12.4 Å². The highest BCUT2D eigenvalue weighted by atomic mass is 19.4. The molecule has 0 saturated heterocycles. The van der Waals surface area contributed by atoms with Gasteiger partial charge in [0.05, 0.1) is 12.4 Å². The molecule has 0 atom stereocenters. The van der Waals surface area contributed by atoms with Crippen LogP contribution in [0.2, 0.25) is 0 Å².